The van der Waals surface area contributed by atoms with Gasteiger partial charge in [0, 0.05) is 24.3 Å². The maximum atomic E-state index is 12.4. The van der Waals surface area contributed by atoms with E-state index >= 15 is 0 Å². The number of aryl methyl sites for hydroxylation is 1. The van der Waals surface area contributed by atoms with Crippen molar-refractivity contribution >= 4 is 29.2 Å². The van der Waals surface area contributed by atoms with Crippen molar-refractivity contribution in [2.24, 2.45) is 0 Å². The SMILES string of the molecule is CCc1ccc(NC(=O)[C@@H](C)OC(=O)c2cccc(N3CCCC3=O)c2)cc1. The van der Waals surface area contributed by atoms with Crippen LogP contribution in [0, 0.1) is 0 Å². The summed E-state index contributed by atoms with van der Waals surface area (Å²) in [6.07, 6.45) is 1.30. The van der Waals surface area contributed by atoms with Crippen LogP contribution in [0.2, 0.25) is 0 Å². The van der Waals surface area contributed by atoms with E-state index in [2.05, 4.69) is 12.2 Å². The summed E-state index contributed by atoms with van der Waals surface area (Å²) in [7, 11) is 0. The molecule has 0 aliphatic carbocycles. The average Bonchev–Trinajstić information content (AvgIpc) is 3.14. The standard InChI is InChI=1S/C22H24N2O4/c1-3-16-9-11-18(12-10-16)23-21(26)15(2)28-22(27)17-6-4-7-19(14-17)24-13-5-8-20(24)25/h4,6-7,9-12,14-15H,3,5,8,13H2,1-2H3,(H,23,26)/t15-/m1/s1. The van der Waals surface area contributed by atoms with E-state index in [0.717, 1.165) is 12.8 Å². The van der Waals surface area contributed by atoms with Crippen LogP contribution in [-0.4, -0.2) is 30.4 Å². The molecule has 1 aliphatic rings. The smallest absolute Gasteiger partial charge is 0.338 e. The Kier molecular flexibility index (Phi) is 6.09. The Morgan fingerprint density at radius 1 is 1.18 bits per heavy atom. The number of hydrogen-bond acceptors (Lipinski definition) is 4. The van der Waals surface area contributed by atoms with Gasteiger partial charge in [-0.1, -0.05) is 25.1 Å². The van der Waals surface area contributed by atoms with Crippen molar-refractivity contribution in [2.75, 3.05) is 16.8 Å². The summed E-state index contributed by atoms with van der Waals surface area (Å²) < 4.78 is 5.31. The Labute approximate surface area is 164 Å². The van der Waals surface area contributed by atoms with Gasteiger partial charge in [-0.3, -0.25) is 9.59 Å². The maximum Gasteiger partial charge on any atom is 0.338 e. The Balaban J connectivity index is 1.61. The quantitative estimate of drug-likeness (QED) is 0.778. The minimum absolute atomic E-state index is 0.0485. The van der Waals surface area contributed by atoms with Crippen molar-refractivity contribution in [3.8, 4) is 0 Å². The second-order valence-corrected chi connectivity index (χ2v) is 6.79. The normalized spacial score (nSPS) is 14.6. The van der Waals surface area contributed by atoms with Crippen LogP contribution in [0.25, 0.3) is 0 Å². The Bertz CT molecular complexity index is 876. The van der Waals surface area contributed by atoms with Crippen LogP contribution >= 0.6 is 0 Å². The number of rotatable bonds is 6. The van der Waals surface area contributed by atoms with Gasteiger partial charge in [-0.2, -0.15) is 0 Å². The number of nitrogens with zero attached hydrogens (tertiary/aromatic N) is 1. The molecule has 6 nitrogen and oxygen atoms in total. The van der Waals surface area contributed by atoms with Crippen LogP contribution in [0.4, 0.5) is 11.4 Å². The first kappa shape index (κ1) is 19.6. The molecule has 0 radical (unpaired) electrons. The molecule has 1 N–H and O–H groups in total. The van der Waals surface area contributed by atoms with E-state index in [1.165, 1.54) is 12.5 Å². The lowest BCUT2D eigenvalue weighted by atomic mass is 10.1. The number of benzene rings is 2. The molecule has 1 fully saturated rings. The van der Waals surface area contributed by atoms with Crippen molar-refractivity contribution in [2.45, 2.75) is 39.2 Å². The van der Waals surface area contributed by atoms with Crippen LogP contribution in [0.15, 0.2) is 48.5 Å². The lowest BCUT2D eigenvalue weighted by Gasteiger charge is -2.17. The van der Waals surface area contributed by atoms with E-state index in [1.54, 1.807) is 29.2 Å². The first-order valence-corrected chi connectivity index (χ1v) is 9.49. The molecule has 1 heterocycles. The number of hydrogen-bond donors (Lipinski definition) is 1. The first-order chi connectivity index (χ1) is 13.5. The summed E-state index contributed by atoms with van der Waals surface area (Å²) in [5, 5.41) is 2.74. The molecular formula is C22H24N2O4. The molecule has 0 unspecified atom stereocenters. The molecule has 3 rings (SSSR count). The fourth-order valence-electron chi connectivity index (χ4n) is 3.07. The monoisotopic (exact) mass is 380 g/mol. The Hall–Kier alpha value is -3.15. The lowest BCUT2D eigenvalue weighted by Crippen LogP contribution is -2.30. The van der Waals surface area contributed by atoms with E-state index in [0.29, 0.717) is 29.9 Å². The highest BCUT2D eigenvalue weighted by atomic mass is 16.5. The van der Waals surface area contributed by atoms with Gasteiger partial charge in [0.15, 0.2) is 6.10 Å². The molecule has 1 saturated heterocycles. The summed E-state index contributed by atoms with van der Waals surface area (Å²) in [4.78, 5) is 38.3. The summed E-state index contributed by atoms with van der Waals surface area (Å²) in [6.45, 7) is 4.23. The van der Waals surface area contributed by atoms with Crippen LogP contribution in [0.5, 0.6) is 0 Å². The minimum atomic E-state index is -0.949. The predicted molar refractivity (Wildman–Crippen MR) is 107 cm³/mol. The highest BCUT2D eigenvalue weighted by Gasteiger charge is 2.23. The zero-order valence-electron chi connectivity index (χ0n) is 16.1. The van der Waals surface area contributed by atoms with E-state index in [4.69, 9.17) is 4.74 Å². The van der Waals surface area contributed by atoms with Gasteiger partial charge in [0.05, 0.1) is 5.56 Å². The fraction of sp³-hybridized carbons (Fsp3) is 0.318. The van der Waals surface area contributed by atoms with Crippen molar-refractivity contribution in [1.82, 2.24) is 0 Å². The molecule has 2 aromatic rings. The van der Waals surface area contributed by atoms with Gasteiger partial charge < -0.3 is 15.0 Å². The summed E-state index contributed by atoms with van der Waals surface area (Å²) >= 11 is 0. The zero-order chi connectivity index (χ0) is 20.1. The zero-order valence-corrected chi connectivity index (χ0v) is 16.1. The number of anilines is 2. The molecule has 28 heavy (non-hydrogen) atoms. The van der Waals surface area contributed by atoms with Crippen LogP contribution < -0.4 is 10.2 Å². The molecule has 0 bridgehead atoms. The second kappa shape index (κ2) is 8.69. The molecule has 1 atom stereocenters. The summed E-state index contributed by atoms with van der Waals surface area (Å²) in [5.74, 6) is -0.951. The third-order valence-corrected chi connectivity index (χ3v) is 4.75. The summed E-state index contributed by atoms with van der Waals surface area (Å²) in [5.41, 5.74) is 2.81. The third kappa shape index (κ3) is 4.57. The number of esters is 1. The van der Waals surface area contributed by atoms with Crippen molar-refractivity contribution in [1.29, 1.82) is 0 Å². The van der Waals surface area contributed by atoms with E-state index in [1.807, 2.05) is 24.3 Å². The minimum Gasteiger partial charge on any atom is -0.449 e. The predicted octanol–water partition coefficient (Wildman–Crippen LogP) is 3.56. The number of ether oxygens (including phenoxy) is 1. The number of carbonyl (C=O) groups excluding carboxylic acids is 3. The Morgan fingerprint density at radius 3 is 2.57 bits per heavy atom. The first-order valence-electron chi connectivity index (χ1n) is 9.49. The summed E-state index contributed by atoms with van der Waals surface area (Å²) in [6, 6.07) is 14.3. The van der Waals surface area contributed by atoms with Crippen molar-refractivity contribution in [3.05, 3.63) is 59.7 Å². The topological polar surface area (TPSA) is 75.7 Å². The van der Waals surface area contributed by atoms with Gasteiger partial charge >= 0.3 is 5.97 Å². The van der Waals surface area contributed by atoms with Gasteiger partial charge in [0.2, 0.25) is 5.91 Å². The van der Waals surface area contributed by atoms with Gasteiger partial charge in [-0.25, -0.2) is 4.79 Å². The average molecular weight is 380 g/mol. The highest BCUT2D eigenvalue weighted by Crippen LogP contribution is 2.23. The third-order valence-electron chi connectivity index (χ3n) is 4.75. The van der Waals surface area contributed by atoms with Gasteiger partial charge in [-0.15, -0.1) is 0 Å². The second-order valence-electron chi connectivity index (χ2n) is 6.79. The highest BCUT2D eigenvalue weighted by molar-refractivity contribution is 5.99. The van der Waals surface area contributed by atoms with Crippen LogP contribution in [0.1, 0.15) is 42.6 Å². The molecule has 2 amide bonds. The van der Waals surface area contributed by atoms with Crippen molar-refractivity contribution in [3.63, 3.8) is 0 Å². The number of nitrogens with one attached hydrogen (secondary N) is 1. The van der Waals surface area contributed by atoms with E-state index in [9.17, 15) is 14.4 Å². The molecule has 146 valence electrons. The van der Waals surface area contributed by atoms with Crippen molar-refractivity contribution < 1.29 is 19.1 Å². The molecule has 0 spiro atoms. The Morgan fingerprint density at radius 2 is 1.93 bits per heavy atom. The molecule has 6 heteroatoms. The van der Waals surface area contributed by atoms with Gasteiger partial charge in [-0.05, 0) is 55.7 Å². The molecule has 0 aromatic heterocycles. The van der Waals surface area contributed by atoms with Crippen LogP contribution in [0.3, 0.4) is 0 Å². The molecule has 1 aliphatic heterocycles. The molecule has 2 aromatic carbocycles. The van der Waals surface area contributed by atoms with E-state index < -0.39 is 18.0 Å². The number of carbonyl (C=O) groups is 3. The van der Waals surface area contributed by atoms with Gasteiger partial charge in [0.1, 0.15) is 0 Å². The fourth-order valence-corrected chi connectivity index (χ4v) is 3.07. The molecule has 0 saturated carbocycles. The lowest BCUT2D eigenvalue weighted by molar-refractivity contribution is -0.123. The van der Waals surface area contributed by atoms with E-state index in [-0.39, 0.29) is 5.91 Å². The molecular weight excluding hydrogens is 356 g/mol. The van der Waals surface area contributed by atoms with Gasteiger partial charge in [0.25, 0.3) is 5.91 Å². The maximum absolute atomic E-state index is 12.4. The van der Waals surface area contributed by atoms with Crippen LogP contribution in [-0.2, 0) is 20.7 Å². The largest absolute Gasteiger partial charge is 0.449 e. The number of amides is 2.